The average Bonchev–Trinajstić information content (AvgIpc) is 2.45. The minimum atomic E-state index is -1.10. The molecule has 2 N–H and O–H groups in total. The highest BCUT2D eigenvalue weighted by atomic mass is 19.1. The number of benzene rings is 1. The van der Waals surface area contributed by atoms with Crippen LogP contribution in [0.4, 0.5) is 8.78 Å². The van der Waals surface area contributed by atoms with Gasteiger partial charge in [-0.2, -0.15) is 0 Å². The topological polar surface area (TPSA) is 84.5 Å². The lowest BCUT2D eigenvalue weighted by molar-refractivity contribution is -0.130. The molecule has 0 unspecified atom stereocenters. The molecule has 0 aliphatic carbocycles. The van der Waals surface area contributed by atoms with Crippen molar-refractivity contribution >= 4 is 17.8 Å². The largest absolute Gasteiger partial charge is 0.452 e. The zero-order valence-corrected chi connectivity index (χ0v) is 12.1. The van der Waals surface area contributed by atoms with Gasteiger partial charge in [0.05, 0.1) is 5.56 Å². The van der Waals surface area contributed by atoms with Crippen LogP contribution in [0.2, 0.25) is 0 Å². The van der Waals surface area contributed by atoms with Crippen LogP contribution in [-0.4, -0.2) is 37.0 Å². The van der Waals surface area contributed by atoms with E-state index in [9.17, 15) is 23.2 Å². The molecule has 8 heteroatoms. The van der Waals surface area contributed by atoms with Crippen LogP contribution in [0.15, 0.2) is 18.2 Å². The summed E-state index contributed by atoms with van der Waals surface area (Å²) in [7, 11) is 0. The molecule has 1 aromatic rings. The second kappa shape index (κ2) is 8.06. The van der Waals surface area contributed by atoms with Gasteiger partial charge in [0.1, 0.15) is 17.7 Å². The van der Waals surface area contributed by atoms with E-state index in [0.717, 1.165) is 12.1 Å². The maximum atomic E-state index is 13.3. The lowest BCUT2D eigenvalue weighted by Gasteiger charge is -2.13. The molecule has 6 nitrogen and oxygen atoms in total. The van der Waals surface area contributed by atoms with Gasteiger partial charge in [0.2, 0.25) is 5.91 Å². The van der Waals surface area contributed by atoms with Crippen LogP contribution >= 0.6 is 0 Å². The van der Waals surface area contributed by atoms with Gasteiger partial charge in [-0.25, -0.2) is 13.6 Å². The predicted octanol–water partition coefficient (Wildman–Crippen LogP) is 0.762. The van der Waals surface area contributed by atoms with Gasteiger partial charge in [0, 0.05) is 12.6 Å². The van der Waals surface area contributed by atoms with Gasteiger partial charge in [-0.1, -0.05) is 0 Å². The molecule has 2 amide bonds. The van der Waals surface area contributed by atoms with Crippen molar-refractivity contribution in [1.29, 1.82) is 0 Å². The van der Waals surface area contributed by atoms with E-state index < -0.39 is 41.7 Å². The number of ether oxygens (including phenoxy) is 1. The number of halogens is 2. The summed E-state index contributed by atoms with van der Waals surface area (Å²) < 4.78 is 30.7. The normalized spacial score (nSPS) is 11.5. The van der Waals surface area contributed by atoms with Gasteiger partial charge < -0.3 is 15.4 Å². The summed E-state index contributed by atoms with van der Waals surface area (Å²) in [5.41, 5.74) is -0.481. The van der Waals surface area contributed by atoms with Crippen molar-refractivity contribution in [2.75, 3.05) is 13.2 Å². The fraction of sp³-hybridized carbons (Fsp3) is 0.357. The van der Waals surface area contributed by atoms with Crippen LogP contribution < -0.4 is 10.6 Å². The number of carbonyl (C=O) groups excluding carboxylic acids is 3. The fourth-order valence-electron chi connectivity index (χ4n) is 1.54. The molecule has 22 heavy (non-hydrogen) atoms. The number of amides is 2. The lowest BCUT2D eigenvalue weighted by atomic mass is 10.2. The van der Waals surface area contributed by atoms with Crippen molar-refractivity contribution < 1.29 is 27.9 Å². The van der Waals surface area contributed by atoms with E-state index in [0.29, 0.717) is 12.6 Å². The Morgan fingerprint density at radius 3 is 2.55 bits per heavy atom. The van der Waals surface area contributed by atoms with E-state index in [2.05, 4.69) is 15.4 Å². The van der Waals surface area contributed by atoms with Crippen molar-refractivity contribution in [2.24, 2.45) is 0 Å². The molecule has 0 saturated heterocycles. The van der Waals surface area contributed by atoms with E-state index in [4.69, 9.17) is 0 Å². The Labute approximate surface area is 125 Å². The van der Waals surface area contributed by atoms with Crippen molar-refractivity contribution in [2.45, 2.75) is 19.9 Å². The van der Waals surface area contributed by atoms with Crippen molar-refractivity contribution in [3.63, 3.8) is 0 Å². The molecule has 1 rings (SSSR count). The summed E-state index contributed by atoms with van der Waals surface area (Å²) in [4.78, 5) is 34.5. The number of nitrogens with one attached hydrogen (secondary N) is 2. The Bertz CT molecular complexity index is 578. The molecule has 0 bridgehead atoms. The third-order valence-corrected chi connectivity index (χ3v) is 2.61. The van der Waals surface area contributed by atoms with E-state index in [1.807, 2.05) is 0 Å². The Morgan fingerprint density at radius 1 is 1.27 bits per heavy atom. The van der Waals surface area contributed by atoms with Crippen LogP contribution in [-0.2, 0) is 14.3 Å². The van der Waals surface area contributed by atoms with Crippen molar-refractivity contribution in [3.8, 4) is 0 Å². The number of carbonyl (C=O) groups is 3. The monoisotopic (exact) mass is 314 g/mol. The van der Waals surface area contributed by atoms with Gasteiger partial charge in [0.25, 0.3) is 5.91 Å². The highest BCUT2D eigenvalue weighted by Crippen LogP contribution is 2.10. The second-order valence-corrected chi connectivity index (χ2v) is 4.38. The third-order valence-electron chi connectivity index (χ3n) is 2.61. The Kier molecular flexibility index (Phi) is 6.43. The first kappa shape index (κ1) is 17.5. The zero-order valence-electron chi connectivity index (χ0n) is 12.1. The standard InChI is InChI=1S/C14H16F2N2O4/c1-3-17-13(20)8(2)18-12(19)7-22-14(21)10-5-4-9(15)6-11(10)16/h4-6,8H,3,7H2,1-2H3,(H,17,20)(H,18,19)/t8-/m1/s1. The van der Waals surface area contributed by atoms with Crippen LogP contribution in [0.5, 0.6) is 0 Å². The van der Waals surface area contributed by atoms with E-state index in [-0.39, 0.29) is 5.91 Å². The Morgan fingerprint density at radius 2 is 1.95 bits per heavy atom. The molecule has 0 aliphatic rings. The van der Waals surface area contributed by atoms with Gasteiger partial charge >= 0.3 is 5.97 Å². The average molecular weight is 314 g/mol. The van der Waals surface area contributed by atoms with E-state index >= 15 is 0 Å². The number of hydrogen-bond donors (Lipinski definition) is 2. The number of likely N-dealkylation sites (N-methyl/N-ethyl adjacent to an activating group) is 1. The highest BCUT2D eigenvalue weighted by Gasteiger charge is 2.18. The van der Waals surface area contributed by atoms with Crippen LogP contribution in [0.1, 0.15) is 24.2 Å². The molecule has 0 saturated carbocycles. The van der Waals surface area contributed by atoms with Crippen LogP contribution in [0, 0.1) is 11.6 Å². The molecule has 0 radical (unpaired) electrons. The second-order valence-electron chi connectivity index (χ2n) is 4.38. The highest BCUT2D eigenvalue weighted by molar-refractivity contribution is 5.92. The molecule has 1 atom stereocenters. The van der Waals surface area contributed by atoms with Gasteiger partial charge in [0.15, 0.2) is 6.61 Å². The fourth-order valence-corrected chi connectivity index (χ4v) is 1.54. The zero-order chi connectivity index (χ0) is 16.7. The molecule has 0 aliphatic heterocycles. The molecule has 1 aromatic carbocycles. The first-order chi connectivity index (χ1) is 10.3. The molecular formula is C14H16F2N2O4. The Balaban J connectivity index is 2.50. The molecule has 0 fully saturated rings. The van der Waals surface area contributed by atoms with Crippen LogP contribution in [0.25, 0.3) is 0 Å². The van der Waals surface area contributed by atoms with Gasteiger partial charge in [-0.05, 0) is 26.0 Å². The third kappa shape index (κ3) is 5.12. The summed E-state index contributed by atoms with van der Waals surface area (Å²) in [6, 6.07) is 1.56. The van der Waals surface area contributed by atoms with Crippen molar-refractivity contribution in [3.05, 3.63) is 35.4 Å². The molecule has 0 heterocycles. The molecule has 0 aromatic heterocycles. The first-order valence-electron chi connectivity index (χ1n) is 6.54. The Hall–Kier alpha value is -2.51. The quantitative estimate of drug-likeness (QED) is 0.759. The minimum absolute atomic E-state index is 0.383. The minimum Gasteiger partial charge on any atom is -0.452 e. The maximum Gasteiger partial charge on any atom is 0.341 e. The maximum absolute atomic E-state index is 13.3. The van der Waals surface area contributed by atoms with Crippen molar-refractivity contribution in [1.82, 2.24) is 10.6 Å². The predicted molar refractivity (Wildman–Crippen MR) is 72.9 cm³/mol. The van der Waals surface area contributed by atoms with Gasteiger partial charge in [-0.3, -0.25) is 9.59 Å². The summed E-state index contributed by atoms with van der Waals surface area (Å²) >= 11 is 0. The summed E-state index contributed by atoms with van der Waals surface area (Å²) in [5.74, 6) is -4.11. The number of rotatable bonds is 6. The SMILES string of the molecule is CCNC(=O)[C@@H](C)NC(=O)COC(=O)c1ccc(F)cc1F. The summed E-state index contributed by atoms with van der Waals surface area (Å²) in [6.45, 7) is 2.92. The van der Waals surface area contributed by atoms with E-state index in [1.54, 1.807) is 6.92 Å². The molecule has 120 valence electrons. The summed E-state index contributed by atoms with van der Waals surface area (Å²) in [6.07, 6.45) is 0. The number of hydrogen-bond acceptors (Lipinski definition) is 4. The molecular weight excluding hydrogens is 298 g/mol. The first-order valence-corrected chi connectivity index (χ1v) is 6.54. The molecule has 0 spiro atoms. The number of esters is 1. The summed E-state index contributed by atoms with van der Waals surface area (Å²) in [5, 5.41) is 4.82. The smallest absolute Gasteiger partial charge is 0.341 e. The lowest BCUT2D eigenvalue weighted by Crippen LogP contribution is -2.46. The van der Waals surface area contributed by atoms with E-state index in [1.165, 1.54) is 6.92 Å². The van der Waals surface area contributed by atoms with Crippen LogP contribution in [0.3, 0.4) is 0 Å². The van der Waals surface area contributed by atoms with Gasteiger partial charge in [-0.15, -0.1) is 0 Å².